The second kappa shape index (κ2) is 6.23. The molecule has 2 aromatic rings. The van der Waals surface area contributed by atoms with Gasteiger partial charge in [-0.15, -0.1) is 5.10 Å². The van der Waals surface area contributed by atoms with Crippen molar-refractivity contribution in [1.82, 2.24) is 10.2 Å². The molecule has 0 N–H and O–H groups in total. The highest BCUT2D eigenvalue weighted by atomic mass is 16.5. The average molecular weight is 283 g/mol. The van der Waals surface area contributed by atoms with Crippen LogP contribution in [0, 0.1) is 25.2 Å². The topological polar surface area (TPSA) is 68.0 Å². The van der Waals surface area contributed by atoms with Crippen molar-refractivity contribution in [2.75, 3.05) is 7.11 Å². The van der Waals surface area contributed by atoms with Crippen LogP contribution in [-0.4, -0.2) is 17.3 Å². The number of ether oxygens (including phenoxy) is 2. The van der Waals surface area contributed by atoms with E-state index in [2.05, 4.69) is 23.2 Å². The van der Waals surface area contributed by atoms with E-state index in [1.807, 2.05) is 32.0 Å². The van der Waals surface area contributed by atoms with Gasteiger partial charge in [-0.25, -0.2) is 0 Å². The maximum atomic E-state index is 9.28. The van der Waals surface area contributed by atoms with Crippen LogP contribution in [0.4, 0.5) is 0 Å². The number of nitrogens with zero attached hydrogens (tertiary/aromatic N) is 3. The van der Waals surface area contributed by atoms with Crippen LogP contribution in [0.1, 0.15) is 29.3 Å². The molecule has 0 aliphatic rings. The number of aromatic nitrogens is 2. The normalized spacial score (nSPS) is 10.0. The summed E-state index contributed by atoms with van der Waals surface area (Å²) >= 11 is 0. The van der Waals surface area contributed by atoms with E-state index in [1.54, 1.807) is 7.11 Å². The van der Waals surface area contributed by atoms with Gasteiger partial charge < -0.3 is 9.47 Å². The molecule has 0 spiro atoms. The average Bonchev–Trinajstić information content (AvgIpc) is 2.51. The third-order valence-electron chi connectivity index (χ3n) is 3.38. The van der Waals surface area contributed by atoms with Gasteiger partial charge in [-0.2, -0.15) is 10.4 Å². The lowest BCUT2D eigenvalue weighted by atomic mass is 10.1. The predicted molar refractivity (Wildman–Crippen MR) is 78.7 cm³/mol. The first-order valence-corrected chi connectivity index (χ1v) is 6.69. The van der Waals surface area contributed by atoms with Crippen LogP contribution in [-0.2, 0) is 6.42 Å². The highest BCUT2D eigenvalue weighted by Crippen LogP contribution is 2.33. The van der Waals surface area contributed by atoms with Crippen molar-refractivity contribution < 1.29 is 9.47 Å². The molecule has 0 saturated carbocycles. The van der Waals surface area contributed by atoms with Crippen molar-refractivity contribution in [1.29, 1.82) is 5.26 Å². The molecule has 0 aliphatic carbocycles. The maximum absolute atomic E-state index is 9.28. The number of nitriles is 1. The van der Waals surface area contributed by atoms with E-state index in [1.165, 1.54) is 0 Å². The molecule has 0 aliphatic heterocycles. The van der Waals surface area contributed by atoms with E-state index in [0.717, 1.165) is 17.5 Å². The Balaban J connectivity index is 2.44. The highest BCUT2D eigenvalue weighted by molar-refractivity contribution is 5.49. The van der Waals surface area contributed by atoms with Crippen molar-refractivity contribution in [2.45, 2.75) is 27.2 Å². The van der Waals surface area contributed by atoms with Crippen LogP contribution < -0.4 is 9.47 Å². The van der Waals surface area contributed by atoms with Crippen molar-refractivity contribution in [3.8, 4) is 23.4 Å². The van der Waals surface area contributed by atoms with Gasteiger partial charge in [-0.1, -0.05) is 13.0 Å². The van der Waals surface area contributed by atoms with Gasteiger partial charge in [0.1, 0.15) is 11.6 Å². The summed E-state index contributed by atoms with van der Waals surface area (Å²) < 4.78 is 11.1. The second-order valence-electron chi connectivity index (χ2n) is 4.64. The minimum atomic E-state index is 0.197. The molecule has 21 heavy (non-hydrogen) atoms. The molecule has 108 valence electrons. The Kier molecular flexibility index (Phi) is 4.39. The summed E-state index contributed by atoms with van der Waals surface area (Å²) in [6.45, 7) is 5.70. The van der Waals surface area contributed by atoms with Gasteiger partial charge in [-0.05, 0) is 43.5 Å². The third-order valence-corrected chi connectivity index (χ3v) is 3.38. The van der Waals surface area contributed by atoms with Crippen LogP contribution in [0.15, 0.2) is 18.2 Å². The van der Waals surface area contributed by atoms with Gasteiger partial charge in [0.15, 0.2) is 11.5 Å². The molecule has 0 atom stereocenters. The number of methoxy groups -OCH3 is 1. The predicted octanol–water partition coefficient (Wildman–Crippen LogP) is 3.33. The van der Waals surface area contributed by atoms with Crippen LogP contribution in [0.5, 0.6) is 17.4 Å². The molecule has 0 fully saturated rings. The van der Waals surface area contributed by atoms with E-state index < -0.39 is 0 Å². The van der Waals surface area contributed by atoms with Gasteiger partial charge >= 0.3 is 0 Å². The van der Waals surface area contributed by atoms with E-state index in [-0.39, 0.29) is 5.88 Å². The Morgan fingerprint density at radius 2 is 1.95 bits per heavy atom. The highest BCUT2D eigenvalue weighted by Gasteiger charge is 2.15. The summed E-state index contributed by atoms with van der Waals surface area (Å²) in [6.07, 6.45) is 0.906. The first-order chi connectivity index (χ1) is 10.1. The molecular weight excluding hydrogens is 266 g/mol. The van der Waals surface area contributed by atoms with Crippen molar-refractivity contribution in [3.63, 3.8) is 0 Å². The Bertz CT molecular complexity index is 705. The molecule has 5 heteroatoms. The van der Waals surface area contributed by atoms with Crippen LogP contribution in [0.3, 0.4) is 0 Å². The molecule has 5 nitrogen and oxygen atoms in total. The van der Waals surface area contributed by atoms with Gasteiger partial charge in [0.25, 0.3) is 5.88 Å². The zero-order chi connectivity index (χ0) is 15.4. The fourth-order valence-electron chi connectivity index (χ4n) is 1.91. The van der Waals surface area contributed by atoms with Crippen molar-refractivity contribution in [3.05, 3.63) is 40.6 Å². The number of rotatable bonds is 4. The smallest absolute Gasteiger partial charge is 0.257 e. The Labute approximate surface area is 124 Å². The molecule has 0 radical (unpaired) electrons. The monoisotopic (exact) mass is 283 g/mol. The van der Waals surface area contributed by atoms with E-state index in [9.17, 15) is 5.26 Å². The number of aryl methyl sites for hydroxylation is 2. The lowest BCUT2D eigenvalue weighted by Gasteiger charge is -2.12. The second-order valence-corrected chi connectivity index (χ2v) is 4.64. The van der Waals surface area contributed by atoms with Crippen LogP contribution in [0.25, 0.3) is 0 Å². The minimum Gasteiger partial charge on any atom is -0.493 e. The molecule has 0 unspecified atom stereocenters. The molecular formula is C16H17N3O2. The summed E-state index contributed by atoms with van der Waals surface area (Å²) in [5, 5.41) is 17.3. The first kappa shape index (κ1) is 14.8. The van der Waals surface area contributed by atoms with Gasteiger partial charge in [0.05, 0.1) is 12.8 Å². The quantitative estimate of drug-likeness (QED) is 0.861. The summed E-state index contributed by atoms with van der Waals surface area (Å²) in [5.41, 5.74) is 3.02. The standard InChI is InChI=1S/C16H17N3O2/c1-5-12-6-7-14(15(8-12)20-4)21-16-13(9-17)10(2)11(3)18-19-16/h6-8H,5H2,1-4H3. The molecule has 1 heterocycles. The zero-order valence-electron chi connectivity index (χ0n) is 12.6. The van der Waals surface area contributed by atoms with Gasteiger partial charge in [0.2, 0.25) is 0 Å². The number of hydrogen-bond donors (Lipinski definition) is 0. The Hall–Kier alpha value is -2.61. The van der Waals surface area contributed by atoms with Gasteiger partial charge in [0, 0.05) is 0 Å². The van der Waals surface area contributed by atoms with Crippen LogP contribution in [0.2, 0.25) is 0 Å². The molecule has 0 bridgehead atoms. The molecule has 0 amide bonds. The number of hydrogen-bond acceptors (Lipinski definition) is 5. The van der Waals surface area contributed by atoms with Crippen LogP contribution >= 0.6 is 0 Å². The fraction of sp³-hybridized carbons (Fsp3) is 0.312. The minimum absolute atomic E-state index is 0.197. The molecule has 1 aromatic heterocycles. The van der Waals surface area contributed by atoms with E-state index in [0.29, 0.717) is 22.8 Å². The lowest BCUT2D eigenvalue weighted by molar-refractivity contribution is 0.371. The lowest BCUT2D eigenvalue weighted by Crippen LogP contribution is -2.01. The summed E-state index contributed by atoms with van der Waals surface area (Å²) in [6, 6.07) is 7.80. The maximum Gasteiger partial charge on any atom is 0.257 e. The fourth-order valence-corrected chi connectivity index (χ4v) is 1.91. The molecule has 1 aromatic carbocycles. The first-order valence-electron chi connectivity index (χ1n) is 6.69. The largest absolute Gasteiger partial charge is 0.493 e. The van der Waals surface area contributed by atoms with Crippen molar-refractivity contribution in [2.24, 2.45) is 0 Å². The molecule has 0 saturated heterocycles. The van der Waals surface area contributed by atoms with Gasteiger partial charge in [-0.3, -0.25) is 0 Å². The Morgan fingerprint density at radius 1 is 1.19 bits per heavy atom. The van der Waals surface area contributed by atoms with E-state index in [4.69, 9.17) is 9.47 Å². The number of benzene rings is 1. The SMILES string of the molecule is CCc1ccc(Oc2nnc(C)c(C)c2C#N)c(OC)c1. The van der Waals surface area contributed by atoms with E-state index >= 15 is 0 Å². The third kappa shape index (κ3) is 2.95. The summed E-state index contributed by atoms with van der Waals surface area (Å²) in [4.78, 5) is 0. The van der Waals surface area contributed by atoms with Crippen molar-refractivity contribution >= 4 is 0 Å². The molecule has 2 rings (SSSR count). The Morgan fingerprint density at radius 3 is 2.57 bits per heavy atom. The summed E-state index contributed by atoms with van der Waals surface area (Å²) in [7, 11) is 1.58. The summed E-state index contributed by atoms with van der Waals surface area (Å²) in [5.74, 6) is 1.32. The zero-order valence-corrected chi connectivity index (χ0v) is 12.6.